The van der Waals surface area contributed by atoms with Crippen molar-refractivity contribution < 1.29 is 9.59 Å². The second kappa shape index (κ2) is 4.82. The fourth-order valence-corrected chi connectivity index (χ4v) is 1.86. The van der Waals surface area contributed by atoms with Gasteiger partial charge in [0.15, 0.2) is 5.78 Å². The van der Waals surface area contributed by atoms with Crippen molar-refractivity contribution >= 4 is 11.6 Å². The highest BCUT2D eigenvalue weighted by Gasteiger charge is 2.30. The van der Waals surface area contributed by atoms with E-state index < -0.39 is 0 Å². The molecule has 0 bridgehead atoms. The first-order valence-electron chi connectivity index (χ1n) is 6.24. The molecule has 0 amide bonds. The fourth-order valence-electron chi connectivity index (χ4n) is 1.86. The molecule has 0 spiro atoms. The second-order valence-corrected chi connectivity index (χ2v) is 5.12. The summed E-state index contributed by atoms with van der Waals surface area (Å²) in [6, 6.07) is 7.61. The van der Waals surface area contributed by atoms with Crippen molar-refractivity contribution in [2.24, 2.45) is 5.92 Å². The Bertz CT molecular complexity index is 425. The van der Waals surface area contributed by atoms with Crippen molar-refractivity contribution in [3.8, 4) is 0 Å². The van der Waals surface area contributed by atoms with Crippen LogP contribution in [0.5, 0.6) is 0 Å². The average Bonchev–Trinajstić information content (AvgIpc) is 3.12. The van der Waals surface area contributed by atoms with Crippen molar-refractivity contribution in [1.82, 2.24) is 0 Å². The summed E-state index contributed by atoms with van der Waals surface area (Å²) in [5.41, 5.74) is 1.87. The molecule has 90 valence electrons. The number of carbonyl (C=O) groups is 2. The Morgan fingerprint density at radius 3 is 2.24 bits per heavy atom. The van der Waals surface area contributed by atoms with Crippen molar-refractivity contribution in [2.75, 3.05) is 0 Å². The molecule has 0 atom stereocenters. The summed E-state index contributed by atoms with van der Waals surface area (Å²) in [6.45, 7) is 4.24. The van der Waals surface area contributed by atoms with E-state index in [1.807, 2.05) is 24.3 Å². The molecule has 1 aliphatic rings. The lowest BCUT2D eigenvalue weighted by Crippen LogP contribution is -2.09. The molecule has 1 fully saturated rings. The van der Waals surface area contributed by atoms with Crippen LogP contribution in [0, 0.1) is 5.92 Å². The normalized spacial score (nSPS) is 15.0. The van der Waals surface area contributed by atoms with Gasteiger partial charge in [0, 0.05) is 11.5 Å². The summed E-state index contributed by atoms with van der Waals surface area (Å²) < 4.78 is 0. The van der Waals surface area contributed by atoms with Crippen LogP contribution in [-0.2, 0) is 4.79 Å². The maximum absolute atomic E-state index is 11.8. The average molecular weight is 230 g/mol. The molecule has 0 saturated heterocycles. The fraction of sp³-hybridized carbons (Fsp3) is 0.467. The first-order chi connectivity index (χ1) is 8.08. The standard InChI is InChI=1S/C15H18O2/c1-10(2)11-3-5-12(6-4-11)14(16)9-15(17)13-7-8-13/h3-6,10,13H,7-9H2,1-2H3. The molecular weight excluding hydrogens is 212 g/mol. The van der Waals surface area contributed by atoms with E-state index in [2.05, 4.69) is 13.8 Å². The van der Waals surface area contributed by atoms with Crippen LogP contribution in [0.25, 0.3) is 0 Å². The van der Waals surface area contributed by atoms with E-state index in [1.165, 1.54) is 5.56 Å². The molecule has 1 aromatic rings. The van der Waals surface area contributed by atoms with Gasteiger partial charge in [-0.05, 0) is 24.3 Å². The van der Waals surface area contributed by atoms with E-state index in [0.29, 0.717) is 11.5 Å². The topological polar surface area (TPSA) is 34.1 Å². The van der Waals surface area contributed by atoms with E-state index >= 15 is 0 Å². The highest BCUT2D eigenvalue weighted by molar-refractivity contribution is 6.09. The molecule has 0 N–H and O–H groups in total. The molecule has 0 unspecified atom stereocenters. The largest absolute Gasteiger partial charge is 0.299 e. The van der Waals surface area contributed by atoms with Crippen LogP contribution in [0.15, 0.2) is 24.3 Å². The molecule has 17 heavy (non-hydrogen) atoms. The Kier molecular flexibility index (Phi) is 3.41. The van der Waals surface area contributed by atoms with E-state index in [0.717, 1.165) is 12.8 Å². The van der Waals surface area contributed by atoms with Crippen LogP contribution in [0.1, 0.15) is 54.9 Å². The van der Waals surface area contributed by atoms with Gasteiger partial charge < -0.3 is 0 Å². The van der Waals surface area contributed by atoms with Crippen LogP contribution >= 0.6 is 0 Å². The molecule has 1 aromatic carbocycles. The maximum Gasteiger partial charge on any atom is 0.170 e. The van der Waals surface area contributed by atoms with E-state index in [4.69, 9.17) is 0 Å². The Balaban J connectivity index is 2.01. The highest BCUT2D eigenvalue weighted by atomic mass is 16.1. The van der Waals surface area contributed by atoms with Crippen LogP contribution in [0.2, 0.25) is 0 Å². The van der Waals surface area contributed by atoms with Gasteiger partial charge in [0.25, 0.3) is 0 Å². The van der Waals surface area contributed by atoms with E-state index in [1.54, 1.807) is 0 Å². The minimum atomic E-state index is -0.0443. The number of rotatable bonds is 5. The zero-order chi connectivity index (χ0) is 12.4. The lowest BCUT2D eigenvalue weighted by atomic mass is 9.98. The Hall–Kier alpha value is -1.44. The quantitative estimate of drug-likeness (QED) is 0.574. The van der Waals surface area contributed by atoms with Gasteiger partial charge in [-0.1, -0.05) is 38.1 Å². The smallest absolute Gasteiger partial charge is 0.170 e. The van der Waals surface area contributed by atoms with Gasteiger partial charge >= 0.3 is 0 Å². The SMILES string of the molecule is CC(C)c1ccc(C(=O)CC(=O)C2CC2)cc1. The molecule has 1 aliphatic carbocycles. The van der Waals surface area contributed by atoms with Crippen molar-refractivity contribution in [1.29, 1.82) is 0 Å². The van der Waals surface area contributed by atoms with Gasteiger partial charge in [-0.2, -0.15) is 0 Å². The molecule has 0 aromatic heterocycles. The first kappa shape index (κ1) is 12.0. The van der Waals surface area contributed by atoms with Gasteiger partial charge in [-0.25, -0.2) is 0 Å². The van der Waals surface area contributed by atoms with Gasteiger partial charge in [0.1, 0.15) is 5.78 Å². The number of hydrogen-bond acceptors (Lipinski definition) is 2. The third-order valence-corrected chi connectivity index (χ3v) is 3.27. The van der Waals surface area contributed by atoms with Gasteiger partial charge in [0.2, 0.25) is 0 Å². The highest BCUT2D eigenvalue weighted by Crippen LogP contribution is 2.31. The second-order valence-electron chi connectivity index (χ2n) is 5.12. The first-order valence-corrected chi connectivity index (χ1v) is 6.24. The van der Waals surface area contributed by atoms with Gasteiger partial charge in [-0.3, -0.25) is 9.59 Å². The number of Topliss-reactive ketones (excluding diaryl/α,β-unsaturated/α-hetero) is 2. The Morgan fingerprint density at radius 1 is 1.18 bits per heavy atom. The third-order valence-electron chi connectivity index (χ3n) is 3.27. The Morgan fingerprint density at radius 2 is 1.76 bits per heavy atom. The van der Waals surface area contributed by atoms with Crippen LogP contribution < -0.4 is 0 Å². The lowest BCUT2D eigenvalue weighted by Gasteiger charge is -2.06. The summed E-state index contributed by atoms with van der Waals surface area (Å²) in [4.78, 5) is 23.4. The minimum absolute atomic E-state index is 0.0443. The molecular formula is C15H18O2. The molecule has 2 heteroatoms. The molecule has 2 nitrogen and oxygen atoms in total. The summed E-state index contributed by atoms with van der Waals surface area (Å²) in [6.07, 6.45) is 2.02. The summed E-state index contributed by atoms with van der Waals surface area (Å²) >= 11 is 0. The van der Waals surface area contributed by atoms with Crippen molar-refractivity contribution in [3.05, 3.63) is 35.4 Å². The zero-order valence-corrected chi connectivity index (χ0v) is 10.4. The molecule has 0 aliphatic heterocycles. The van der Waals surface area contributed by atoms with Gasteiger partial charge in [-0.15, -0.1) is 0 Å². The summed E-state index contributed by atoms with van der Waals surface area (Å²) in [5.74, 6) is 0.710. The van der Waals surface area contributed by atoms with Crippen LogP contribution in [0.4, 0.5) is 0 Å². The predicted octanol–water partition coefficient (Wildman–Crippen LogP) is 3.36. The third kappa shape index (κ3) is 3.02. The molecule has 0 heterocycles. The monoisotopic (exact) mass is 230 g/mol. The van der Waals surface area contributed by atoms with E-state index in [9.17, 15) is 9.59 Å². The van der Waals surface area contributed by atoms with Crippen molar-refractivity contribution in [2.45, 2.75) is 39.0 Å². The maximum atomic E-state index is 11.8. The summed E-state index contributed by atoms with van der Waals surface area (Å²) in [7, 11) is 0. The Labute approximate surface area is 102 Å². The number of carbonyl (C=O) groups excluding carboxylic acids is 2. The summed E-state index contributed by atoms with van der Waals surface area (Å²) in [5, 5.41) is 0. The molecule has 2 rings (SSSR count). The number of benzene rings is 1. The van der Waals surface area contributed by atoms with E-state index in [-0.39, 0.29) is 23.9 Å². The molecule has 0 radical (unpaired) electrons. The minimum Gasteiger partial charge on any atom is -0.299 e. The molecule has 1 saturated carbocycles. The predicted molar refractivity (Wildman–Crippen MR) is 67.2 cm³/mol. The van der Waals surface area contributed by atoms with Gasteiger partial charge in [0.05, 0.1) is 6.42 Å². The van der Waals surface area contributed by atoms with Crippen LogP contribution in [-0.4, -0.2) is 11.6 Å². The lowest BCUT2D eigenvalue weighted by molar-refractivity contribution is -0.119. The number of hydrogen-bond donors (Lipinski definition) is 0. The van der Waals surface area contributed by atoms with Crippen molar-refractivity contribution in [3.63, 3.8) is 0 Å². The zero-order valence-electron chi connectivity index (χ0n) is 10.4. The number of ketones is 2. The van der Waals surface area contributed by atoms with Crippen LogP contribution in [0.3, 0.4) is 0 Å².